The summed E-state index contributed by atoms with van der Waals surface area (Å²) in [7, 11) is 0. The van der Waals surface area contributed by atoms with Crippen LogP contribution in [0.4, 0.5) is 0 Å². The molecule has 0 atom stereocenters. The van der Waals surface area contributed by atoms with E-state index in [1.165, 1.54) is 24.8 Å². The lowest BCUT2D eigenvalue weighted by Crippen LogP contribution is -2.30. The summed E-state index contributed by atoms with van der Waals surface area (Å²) in [6.07, 6.45) is 3.79. The maximum atomic E-state index is 3.21. The molecule has 14 heavy (non-hydrogen) atoms. The molecule has 1 aromatic rings. The predicted molar refractivity (Wildman–Crippen MR) is 58.9 cm³/mol. The van der Waals surface area contributed by atoms with Gasteiger partial charge in [-0.1, -0.05) is 30.3 Å². The molecule has 2 N–H and O–H groups in total. The summed E-state index contributed by atoms with van der Waals surface area (Å²) >= 11 is 0. The van der Waals surface area contributed by atoms with Crippen LogP contribution in [-0.2, 0) is 6.42 Å². The van der Waals surface area contributed by atoms with Crippen molar-refractivity contribution >= 4 is 0 Å². The van der Waals surface area contributed by atoms with Gasteiger partial charge in [0, 0.05) is 13.1 Å². The SMILES string of the molecule is c1ccc(CC2CCNNCC2)cc1. The van der Waals surface area contributed by atoms with E-state index >= 15 is 0 Å². The first-order valence-corrected chi connectivity index (χ1v) is 5.45. The number of hydrazine groups is 1. The van der Waals surface area contributed by atoms with E-state index in [1.54, 1.807) is 0 Å². The molecule has 0 amide bonds. The highest BCUT2D eigenvalue weighted by molar-refractivity contribution is 5.15. The average molecular weight is 190 g/mol. The molecule has 0 spiro atoms. The van der Waals surface area contributed by atoms with Crippen LogP contribution in [0.3, 0.4) is 0 Å². The van der Waals surface area contributed by atoms with Crippen LogP contribution in [0.5, 0.6) is 0 Å². The summed E-state index contributed by atoms with van der Waals surface area (Å²) in [5, 5.41) is 0. The molecule has 76 valence electrons. The predicted octanol–water partition coefficient (Wildman–Crippen LogP) is 1.73. The Kier molecular flexibility index (Phi) is 3.55. The molecule has 2 heteroatoms. The first-order chi connectivity index (χ1) is 6.95. The Bertz CT molecular complexity index is 250. The largest absolute Gasteiger partial charge is 0.258 e. The van der Waals surface area contributed by atoms with Crippen molar-refractivity contribution in [2.75, 3.05) is 13.1 Å². The molecule has 0 aliphatic carbocycles. The van der Waals surface area contributed by atoms with E-state index in [1.807, 2.05) is 0 Å². The molecular formula is C12H18N2. The summed E-state index contributed by atoms with van der Waals surface area (Å²) in [4.78, 5) is 0. The van der Waals surface area contributed by atoms with Crippen molar-refractivity contribution in [3.63, 3.8) is 0 Å². The van der Waals surface area contributed by atoms with E-state index in [4.69, 9.17) is 0 Å². The maximum absolute atomic E-state index is 3.21. The Balaban J connectivity index is 1.90. The molecule has 1 heterocycles. The van der Waals surface area contributed by atoms with Crippen molar-refractivity contribution in [3.05, 3.63) is 35.9 Å². The zero-order chi connectivity index (χ0) is 9.64. The normalized spacial score (nSPS) is 19.1. The number of rotatable bonds is 2. The van der Waals surface area contributed by atoms with E-state index in [0.29, 0.717) is 0 Å². The Morgan fingerprint density at radius 2 is 1.64 bits per heavy atom. The van der Waals surface area contributed by atoms with Crippen LogP contribution in [0.15, 0.2) is 30.3 Å². The van der Waals surface area contributed by atoms with Crippen LogP contribution in [0.1, 0.15) is 18.4 Å². The quantitative estimate of drug-likeness (QED) is 0.742. The van der Waals surface area contributed by atoms with E-state index in [-0.39, 0.29) is 0 Å². The molecule has 2 nitrogen and oxygen atoms in total. The number of nitrogens with one attached hydrogen (secondary N) is 2. The second kappa shape index (κ2) is 5.13. The molecule has 0 unspecified atom stereocenters. The van der Waals surface area contributed by atoms with Crippen molar-refractivity contribution < 1.29 is 0 Å². The number of hydrogen-bond acceptors (Lipinski definition) is 2. The van der Waals surface area contributed by atoms with Gasteiger partial charge in [0.25, 0.3) is 0 Å². The van der Waals surface area contributed by atoms with E-state index in [2.05, 4.69) is 41.2 Å². The number of benzene rings is 1. The molecule has 1 fully saturated rings. The van der Waals surface area contributed by atoms with E-state index < -0.39 is 0 Å². The molecule has 1 aromatic carbocycles. The lowest BCUT2D eigenvalue weighted by Gasteiger charge is -2.12. The third kappa shape index (κ3) is 2.82. The Hall–Kier alpha value is -0.860. The van der Waals surface area contributed by atoms with Crippen LogP contribution in [0.25, 0.3) is 0 Å². The minimum absolute atomic E-state index is 0.833. The highest BCUT2D eigenvalue weighted by Gasteiger charge is 2.11. The Morgan fingerprint density at radius 3 is 2.29 bits per heavy atom. The van der Waals surface area contributed by atoms with Gasteiger partial charge in [0.1, 0.15) is 0 Å². The van der Waals surface area contributed by atoms with Crippen molar-refractivity contribution in [2.24, 2.45) is 5.92 Å². The molecule has 0 radical (unpaired) electrons. The summed E-state index contributed by atoms with van der Waals surface area (Å²) in [5.41, 5.74) is 7.90. The van der Waals surface area contributed by atoms with Crippen LogP contribution >= 0.6 is 0 Å². The molecule has 1 aliphatic rings. The number of hydrogen-bond donors (Lipinski definition) is 2. The third-order valence-corrected chi connectivity index (χ3v) is 2.85. The van der Waals surface area contributed by atoms with Gasteiger partial charge in [-0.2, -0.15) is 0 Å². The fourth-order valence-corrected chi connectivity index (χ4v) is 2.03. The Labute approximate surface area is 85.7 Å². The van der Waals surface area contributed by atoms with E-state index in [9.17, 15) is 0 Å². The fourth-order valence-electron chi connectivity index (χ4n) is 2.03. The van der Waals surface area contributed by atoms with Crippen molar-refractivity contribution in [1.82, 2.24) is 10.9 Å². The summed E-state index contributed by atoms with van der Waals surface area (Å²) in [5.74, 6) is 0.833. The van der Waals surface area contributed by atoms with Gasteiger partial charge in [0.05, 0.1) is 0 Å². The second-order valence-electron chi connectivity index (χ2n) is 3.99. The summed E-state index contributed by atoms with van der Waals surface area (Å²) < 4.78 is 0. The molecule has 1 saturated heterocycles. The van der Waals surface area contributed by atoms with Crippen LogP contribution in [0, 0.1) is 5.92 Å². The second-order valence-corrected chi connectivity index (χ2v) is 3.99. The lowest BCUT2D eigenvalue weighted by molar-refractivity contribution is 0.480. The molecule has 0 saturated carbocycles. The van der Waals surface area contributed by atoms with Crippen LogP contribution in [0.2, 0.25) is 0 Å². The fraction of sp³-hybridized carbons (Fsp3) is 0.500. The lowest BCUT2D eigenvalue weighted by atomic mass is 9.94. The molecule has 0 aromatic heterocycles. The van der Waals surface area contributed by atoms with Crippen molar-refractivity contribution in [1.29, 1.82) is 0 Å². The van der Waals surface area contributed by atoms with Gasteiger partial charge in [-0.25, -0.2) is 0 Å². The van der Waals surface area contributed by atoms with Crippen LogP contribution in [-0.4, -0.2) is 13.1 Å². The first-order valence-electron chi connectivity index (χ1n) is 5.45. The zero-order valence-electron chi connectivity index (χ0n) is 8.50. The molecule has 2 rings (SSSR count). The van der Waals surface area contributed by atoms with Gasteiger partial charge in [-0.3, -0.25) is 10.9 Å². The first kappa shape index (κ1) is 9.69. The smallest absolute Gasteiger partial charge is 0.0102 e. The minimum atomic E-state index is 0.833. The summed E-state index contributed by atoms with van der Waals surface area (Å²) in [6, 6.07) is 10.8. The van der Waals surface area contributed by atoms with Gasteiger partial charge >= 0.3 is 0 Å². The molecular weight excluding hydrogens is 172 g/mol. The van der Waals surface area contributed by atoms with Gasteiger partial charge in [0.15, 0.2) is 0 Å². The third-order valence-electron chi connectivity index (χ3n) is 2.85. The van der Waals surface area contributed by atoms with Crippen molar-refractivity contribution in [3.8, 4) is 0 Å². The van der Waals surface area contributed by atoms with Gasteiger partial charge in [-0.05, 0) is 30.7 Å². The highest BCUT2D eigenvalue weighted by atomic mass is 15.3. The maximum Gasteiger partial charge on any atom is 0.0102 e. The Morgan fingerprint density at radius 1 is 1.00 bits per heavy atom. The summed E-state index contributed by atoms with van der Waals surface area (Å²) in [6.45, 7) is 2.19. The highest BCUT2D eigenvalue weighted by Crippen LogP contribution is 2.15. The van der Waals surface area contributed by atoms with Crippen molar-refractivity contribution in [2.45, 2.75) is 19.3 Å². The van der Waals surface area contributed by atoms with Crippen LogP contribution < -0.4 is 10.9 Å². The van der Waals surface area contributed by atoms with Gasteiger partial charge in [-0.15, -0.1) is 0 Å². The van der Waals surface area contributed by atoms with Gasteiger partial charge in [0.2, 0.25) is 0 Å². The average Bonchev–Trinajstić information content (AvgIpc) is 2.48. The molecule has 0 bridgehead atoms. The molecule has 1 aliphatic heterocycles. The zero-order valence-corrected chi connectivity index (χ0v) is 8.50. The topological polar surface area (TPSA) is 24.1 Å². The van der Waals surface area contributed by atoms with E-state index in [0.717, 1.165) is 19.0 Å². The standard InChI is InChI=1S/C12H18N2/c1-2-4-11(5-3-1)10-12-6-8-13-14-9-7-12/h1-5,12-14H,6-10H2. The monoisotopic (exact) mass is 190 g/mol. The minimum Gasteiger partial charge on any atom is -0.258 e. The van der Waals surface area contributed by atoms with Gasteiger partial charge < -0.3 is 0 Å².